The molecule has 0 spiro atoms. The third-order valence-electron chi connectivity index (χ3n) is 2.99. The average molecular weight is 319 g/mol. The first-order valence-corrected chi connectivity index (χ1v) is 6.96. The average Bonchev–Trinajstić information content (AvgIpc) is 2.50. The molecule has 0 fully saturated rings. The fourth-order valence-corrected chi connectivity index (χ4v) is 2.25. The van der Waals surface area contributed by atoms with Gasteiger partial charge in [0, 0.05) is 19.2 Å². The van der Waals surface area contributed by atoms with Crippen LogP contribution < -0.4 is 0 Å². The molecule has 2 rings (SSSR count). The van der Waals surface area contributed by atoms with E-state index >= 15 is 0 Å². The van der Waals surface area contributed by atoms with E-state index < -0.39 is 0 Å². The van der Waals surface area contributed by atoms with Crippen molar-refractivity contribution < 1.29 is 4.79 Å². The molecule has 0 aliphatic carbocycles. The van der Waals surface area contributed by atoms with Gasteiger partial charge in [-0.25, -0.2) is 0 Å². The Morgan fingerprint density at radius 1 is 1.19 bits per heavy atom. The van der Waals surface area contributed by atoms with Crippen LogP contribution in [0.15, 0.2) is 42.5 Å². The maximum Gasteiger partial charge on any atom is 0.253 e. The van der Waals surface area contributed by atoms with Crippen molar-refractivity contribution in [3.63, 3.8) is 0 Å². The molecular formula is C16H12Cl2N2O. The second-order valence-electron chi connectivity index (χ2n) is 4.60. The molecule has 0 unspecified atom stereocenters. The summed E-state index contributed by atoms with van der Waals surface area (Å²) in [6.45, 7) is 0.409. The Kier molecular flexibility index (Phi) is 4.85. The van der Waals surface area contributed by atoms with E-state index in [9.17, 15) is 4.79 Å². The third kappa shape index (κ3) is 3.75. The summed E-state index contributed by atoms with van der Waals surface area (Å²) in [5.74, 6) is -0.154. The van der Waals surface area contributed by atoms with Crippen LogP contribution in [0.25, 0.3) is 0 Å². The number of hydrogen-bond donors (Lipinski definition) is 0. The van der Waals surface area contributed by atoms with Gasteiger partial charge in [-0.2, -0.15) is 5.26 Å². The number of nitrogens with zero attached hydrogens (tertiary/aromatic N) is 2. The highest BCUT2D eigenvalue weighted by atomic mass is 35.5. The Morgan fingerprint density at radius 2 is 1.95 bits per heavy atom. The van der Waals surface area contributed by atoms with E-state index in [2.05, 4.69) is 0 Å². The zero-order valence-electron chi connectivity index (χ0n) is 11.3. The molecule has 2 aromatic rings. The predicted molar refractivity (Wildman–Crippen MR) is 83.4 cm³/mol. The van der Waals surface area contributed by atoms with Crippen LogP contribution in [0.2, 0.25) is 10.0 Å². The Labute approximate surface area is 133 Å². The summed E-state index contributed by atoms with van der Waals surface area (Å²) < 4.78 is 0. The molecule has 0 N–H and O–H groups in total. The van der Waals surface area contributed by atoms with Gasteiger partial charge in [-0.05, 0) is 35.9 Å². The van der Waals surface area contributed by atoms with Crippen LogP contribution in [0, 0.1) is 11.3 Å². The number of rotatable bonds is 3. The van der Waals surface area contributed by atoms with Gasteiger partial charge in [-0.15, -0.1) is 0 Å². The lowest BCUT2D eigenvalue weighted by atomic mass is 10.1. The predicted octanol–water partition coefficient (Wildman–Crippen LogP) is 4.14. The van der Waals surface area contributed by atoms with Gasteiger partial charge >= 0.3 is 0 Å². The normalized spacial score (nSPS) is 10.0. The quantitative estimate of drug-likeness (QED) is 0.853. The second-order valence-corrected chi connectivity index (χ2v) is 5.42. The summed E-state index contributed by atoms with van der Waals surface area (Å²) in [5, 5.41) is 9.81. The summed E-state index contributed by atoms with van der Waals surface area (Å²) >= 11 is 11.8. The molecule has 0 aliphatic rings. The zero-order valence-corrected chi connectivity index (χ0v) is 12.8. The number of carbonyl (C=O) groups excluding carboxylic acids is 1. The molecule has 0 heterocycles. The summed E-state index contributed by atoms with van der Waals surface area (Å²) in [5.41, 5.74) is 1.83. The highest BCUT2D eigenvalue weighted by Gasteiger charge is 2.13. The van der Waals surface area contributed by atoms with E-state index in [-0.39, 0.29) is 5.91 Å². The van der Waals surface area contributed by atoms with Gasteiger partial charge in [0.2, 0.25) is 0 Å². The summed E-state index contributed by atoms with van der Waals surface area (Å²) in [6, 6.07) is 13.9. The van der Waals surface area contributed by atoms with Crippen LogP contribution in [0.4, 0.5) is 0 Å². The van der Waals surface area contributed by atoms with Crippen molar-refractivity contribution in [2.45, 2.75) is 6.54 Å². The van der Waals surface area contributed by atoms with Gasteiger partial charge in [0.15, 0.2) is 0 Å². The first-order chi connectivity index (χ1) is 10.0. The molecule has 2 aromatic carbocycles. The van der Waals surface area contributed by atoms with Gasteiger partial charge in [-0.3, -0.25) is 4.79 Å². The number of nitriles is 1. The van der Waals surface area contributed by atoms with E-state index in [1.807, 2.05) is 12.1 Å². The molecule has 0 saturated heterocycles. The Bertz CT molecular complexity index is 722. The van der Waals surface area contributed by atoms with E-state index in [1.165, 1.54) is 0 Å². The fraction of sp³-hybridized carbons (Fsp3) is 0.125. The molecule has 0 radical (unpaired) electrons. The largest absolute Gasteiger partial charge is 0.337 e. The lowest BCUT2D eigenvalue weighted by molar-refractivity contribution is 0.0785. The maximum atomic E-state index is 12.3. The van der Waals surface area contributed by atoms with Crippen molar-refractivity contribution in [3.8, 4) is 6.07 Å². The lowest BCUT2D eigenvalue weighted by Gasteiger charge is -2.17. The Hall–Kier alpha value is -2.02. The molecule has 0 saturated carbocycles. The number of halogens is 2. The SMILES string of the molecule is CN(Cc1ccc(Cl)c(Cl)c1)C(=O)c1cccc(C#N)c1. The molecular weight excluding hydrogens is 307 g/mol. The third-order valence-corrected chi connectivity index (χ3v) is 3.73. The van der Waals surface area contributed by atoms with Crippen molar-refractivity contribution in [3.05, 3.63) is 69.2 Å². The number of benzene rings is 2. The van der Waals surface area contributed by atoms with Crippen LogP contribution in [-0.2, 0) is 6.54 Å². The molecule has 1 amide bonds. The highest BCUT2D eigenvalue weighted by Crippen LogP contribution is 2.23. The Morgan fingerprint density at radius 3 is 2.62 bits per heavy atom. The first-order valence-electron chi connectivity index (χ1n) is 6.21. The zero-order chi connectivity index (χ0) is 15.4. The molecule has 0 atom stereocenters. The standard InChI is InChI=1S/C16H12Cl2N2O/c1-20(10-12-5-6-14(17)15(18)8-12)16(21)13-4-2-3-11(7-13)9-19/h2-8H,10H2,1H3. The van der Waals surface area contributed by atoms with Crippen LogP contribution in [0.5, 0.6) is 0 Å². The smallest absolute Gasteiger partial charge is 0.253 e. The lowest BCUT2D eigenvalue weighted by Crippen LogP contribution is -2.26. The highest BCUT2D eigenvalue weighted by molar-refractivity contribution is 6.42. The summed E-state index contributed by atoms with van der Waals surface area (Å²) in [4.78, 5) is 13.9. The van der Waals surface area contributed by atoms with E-state index in [4.69, 9.17) is 28.5 Å². The van der Waals surface area contributed by atoms with Crippen molar-refractivity contribution in [1.82, 2.24) is 4.90 Å². The van der Waals surface area contributed by atoms with E-state index in [1.54, 1.807) is 48.3 Å². The van der Waals surface area contributed by atoms with Crippen LogP contribution in [0.3, 0.4) is 0 Å². The molecule has 0 aromatic heterocycles. The van der Waals surface area contributed by atoms with Gasteiger partial charge in [0.05, 0.1) is 21.7 Å². The Balaban J connectivity index is 2.15. The van der Waals surface area contributed by atoms with Crippen LogP contribution in [0.1, 0.15) is 21.5 Å². The molecule has 0 bridgehead atoms. The van der Waals surface area contributed by atoms with Crippen LogP contribution in [-0.4, -0.2) is 17.9 Å². The first kappa shape index (κ1) is 15.4. The summed E-state index contributed by atoms with van der Waals surface area (Å²) in [7, 11) is 1.70. The molecule has 106 valence electrons. The number of amides is 1. The minimum atomic E-state index is -0.154. The van der Waals surface area contributed by atoms with Gasteiger partial charge in [0.1, 0.15) is 0 Å². The van der Waals surface area contributed by atoms with E-state index in [0.29, 0.717) is 27.7 Å². The molecule has 3 nitrogen and oxygen atoms in total. The molecule has 0 aliphatic heterocycles. The fourth-order valence-electron chi connectivity index (χ4n) is 1.93. The van der Waals surface area contributed by atoms with Crippen LogP contribution >= 0.6 is 23.2 Å². The number of hydrogen-bond acceptors (Lipinski definition) is 2. The van der Waals surface area contributed by atoms with Gasteiger partial charge < -0.3 is 4.90 Å². The van der Waals surface area contributed by atoms with Crippen molar-refractivity contribution in [2.24, 2.45) is 0 Å². The van der Waals surface area contributed by atoms with Crippen molar-refractivity contribution >= 4 is 29.1 Å². The van der Waals surface area contributed by atoms with Gasteiger partial charge in [-0.1, -0.05) is 35.3 Å². The molecule has 5 heteroatoms. The van der Waals surface area contributed by atoms with Crippen molar-refractivity contribution in [1.29, 1.82) is 5.26 Å². The van der Waals surface area contributed by atoms with Crippen molar-refractivity contribution in [2.75, 3.05) is 7.05 Å². The maximum absolute atomic E-state index is 12.3. The monoisotopic (exact) mass is 318 g/mol. The molecule has 21 heavy (non-hydrogen) atoms. The van der Waals surface area contributed by atoms with Gasteiger partial charge in [0.25, 0.3) is 5.91 Å². The topological polar surface area (TPSA) is 44.1 Å². The summed E-state index contributed by atoms with van der Waals surface area (Å²) in [6.07, 6.45) is 0. The van der Waals surface area contributed by atoms with E-state index in [0.717, 1.165) is 5.56 Å². The number of carbonyl (C=O) groups is 1. The second kappa shape index (κ2) is 6.62. The minimum absolute atomic E-state index is 0.154. The minimum Gasteiger partial charge on any atom is -0.337 e.